The molecule has 0 atom stereocenters. The maximum Gasteiger partial charge on any atom is 0.285 e. The number of carbonyl (C=O) groups is 2. The summed E-state index contributed by atoms with van der Waals surface area (Å²) in [6.45, 7) is 8.36. The van der Waals surface area contributed by atoms with Crippen LogP contribution in [0, 0.1) is 0 Å². The normalized spacial score (nSPS) is 13.8. The van der Waals surface area contributed by atoms with Crippen molar-refractivity contribution in [2.75, 3.05) is 6.61 Å². The van der Waals surface area contributed by atoms with Gasteiger partial charge in [-0.05, 0) is 47.1 Å². The lowest BCUT2D eigenvalue weighted by Gasteiger charge is -2.18. The molecule has 2 aromatic carbocycles. The molecule has 0 fully saturated rings. The van der Waals surface area contributed by atoms with Gasteiger partial charge in [0.25, 0.3) is 11.8 Å². The van der Waals surface area contributed by atoms with Crippen LogP contribution in [0.3, 0.4) is 0 Å². The molecule has 0 unspecified atom stereocenters. The number of benzene rings is 2. The van der Waals surface area contributed by atoms with Crippen LogP contribution in [-0.2, 0) is 11.3 Å². The number of amides is 2. The average molecular weight is 367 g/mol. The molecule has 1 aliphatic heterocycles. The molecule has 0 spiro atoms. The molecule has 0 radical (unpaired) electrons. The molecule has 0 saturated heterocycles. The highest BCUT2D eigenvalue weighted by Crippen LogP contribution is 2.35. The number of phenols is 1. The van der Waals surface area contributed by atoms with E-state index >= 15 is 0 Å². The second-order valence-corrected chi connectivity index (χ2v) is 7.47. The van der Waals surface area contributed by atoms with Gasteiger partial charge >= 0.3 is 0 Å². The molecule has 0 bridgehead atoms. The van der Waals surface area contributed by atoms with Crippen molar-refractivity contribution in [2.24, 2.45) is 0 Å². The number of rotatable bonds is 6. The van der Waals surface area contributed by atoms with Crippen LogP contribution < -0.4 is 0 Å². The molecule has 2 amide bonds. The highest BCUT2D eigenvalue weighted by Gasteiger charge is 2.36. The molecule has 3 rings (SSSR count). The Morgan fingerprint density at radius 1 is 0.926 bits per heavy atom. The zero-order valence-corrected chi connectivity index (χ0v) is 16.2. The topological polar surface area (TPSA) is 66.8 Å². The van der Waals surface area contributed by atoms with Crippen LogP contribution >= 0.6 is 0 Å². The molecule has 1 heterocycles. The van der Waals surface area contributed by atoms with Gasteiger partial charge in [0.05, 0.1) is 17.7 Å². The maximum absolute atomic E-state index is 12.3. The molecule has 5 nitrogen and oxygen atoms in total. The lowest BCUT2D eigenvalue weighted by Crippen LogP contribution is -2.30. The molecule has 5 heteroatoms. The quantitative estimate of drug-likeness (QED) is 0.768. The second kappa shape index (κ2) is 7.53. The highest BCUT2D eigenvalue weighted by molar-refractivity contribution is 6.20. The predicted octanol–water partition coefficient (Wildman–Crippen LogP) is 4.41. The number of hydrogen-bond donors (Lipinski definition) is 1. The van der Waals surface area contributed by atoms with E-state index in [2.05, 4.69) is 0 Å². The Kier molecular flexibility index (Phi) is 5.33. The van der Waals surface area contributed by atoms with E-state index in [1.807, 2.05) is 39.8 Å². The Bertz CT molecular complexity index is 822. The van der Waals surface area contributed by atoms with Crippen LogP contribution in [0.5, 0.6) is 5.75 Å². The smallest absolute Gasteiger partial charge is 0.285 e. The standard InChI is InChI=1S/C22H25NO4/c1-13(2)18-11-15(12-19(14(3)4)20(18)24)9-10-27-23-21(25)16-7-5-6-8-17(16)22(23)26/h5-8,11-14,24H,9-10H2,1-4H3. The lowest BCUT2D eigenvalue weighted by molar-refractivity contribution is -0.0902. The first kappa shape index (κ1) is 19.1. The Labute approximate surface area is 159 Å². The van der Waals surface area contributed by atoms with Crippen molar-refractivity contribution < 1.29 is 19.5 Å². The molecule has 1 N–H and O–H groups in total. The van der Waals surface area contributed by atoms with Crippen LogP contribution in [0.15, 0.2) is 36.4 Å². The summed E-state index contributed by atoms with van der Waals surface area (Å²) in [4.78, 5) is 30.2. The largest absolute Gasteiger partial charge is 0.507 e. The Hall–Kier alpha value is -2.66. The summed E-state index contributed by atoms with van der Waals surface area (Å²) in [6, 6.07) is 10.6. The van der Waals surface area contributed by atoms with Gasteiger partial charge in [-0.25, -0.2) is 0 Å². The van der Waals surface area contributed by atoms with Crippen LogP contribution in [0.1, 0.15) is 76.9 Å². The van der Waals surface area contributed by atoms with Gasteiger partial charge in [-0.15, -0.1) is 5.06 Å². The minimum Gasteiger partial charge on any atom is -0.507 e. The summed E-state index contributed by atoms with van der Waals surface area (Å²) in [7, 11) is 0. The van der Waals surface area contributed by atoms with E-state index in [1.54, 1.807) is 24.3 Å². The van der Waals surface area contributed by atoms with Crippen molar-refractivity contribution in [1.82, 2.24) is 5.06 Å². The van der Waals surface area contributed by atoms with Gasteiger partial charge in [0.1, 0.15) is 5.75 Å². The molecule has 0 aliphatic carbocycles. The average Bonchev–Trinajstić information content (AvgIpc) is 2.87. The van der Waals surface area contributed by atoms with Crippen molar-refractivity contribution >= 4 is 11.8 Å². The van der Waals surface area contributed by atoms with Crippen LogP contribution in [-0.4, -0.2) is 28.6 Å². The van der Waals surface area contributed by atoms with E-state index in [1.165, 1.54) is 0 Å². The van der Waals surface area contributed by atoms with Crippen LogP contribution in [0.2, 0.25) is 0 Å². The summed E-state index contributed by atoms with van der Waals surface area (Å²) in [5.41, 5.74) is 3.55. The third-order valence-corrected chi connectivity index (χ3v) is 4.84. The number of hydroxylamine groups is 2. The third-order valence-electron chi connectivity index (χ3n) is 4.84. The van der Waals surface area contributed by atoms with Gasteiger partial charge in [0.2, 0.25) is 0 Å². The van der Waals surface area contributed by atoms with Gasteiger partial charge in [0.15, 0.2) is 0 Å². The molecule has 1 aliphatic rings. The minimum atomic E-state index is -0.424. The first-order valence-corrected chi connectivity index (χ1v) is 9.27. The van der Waals surface area contributed by atoms with Crippen molar-refractivity contribution in [2.45, 2.75) is 46.0 Å². The van der Waals surface area contributed by atoms with Gasteiger partial charge in [0, 0.05) is 0 Å². The van der Waals surface area contributed by atoms with Gasteiger partial charge in [-0.3, -0.25) is 14.4 Å². The highest BCUT2D eigenvalue weighted by atomic mass is 16.7. The molecule has 142 valence electrons. The zero-order valence-electron chi connectivity index (χ0n) is 16.2. The molecule has 2 aromatic rings. The molecule has 0 saturated carbocycles. The fraction of sp³-hybridized carbons (Fsp3) is 0.364. The maximum atomic E-state index is 12.3. The predicted molar refractivity (Wildman–Crippen MR) is 103 cm³/mol. The summed E-state index contributed by atoms with van der Waals surface area (Å²) < 4.78 is 0. The molecular formula is C22H25NO4. The fourth-order valence-corrected chi connectivity index (χ4v) is 3.31. The Morgan fingerprint density at radius 3 is 1.85 bits per heavy atom. The number of hydrogen-bond acceptors (Lipinski definition) is 4. The van der Waals surface area contributed by atoms with Crippen molar-refractivity contribution in [1.29, 1.82) is 0 Å². The number of fused-ring (bicyclic) bond motifs is 1. The van der Waals surface area contributed by atoms with Crippen LogP contribution in [0.25, 0.3) is 0 Å². The monoisotopic (exact) mass is 367 g/mol. The van der Waals surface area contributed by atoms with E-state index < -0.39 is 11.8 Å². The summed E-state index contributed by atoms with van der Waals surface area (Å²) >= 11 is 0. The first-order chi connectivity index (χ1) is 12.8. The van der Waals surface area contributed by atoms with Crippen molar-refractivity contribution in [3.8, 4) is 5.75 Å². The van der Waals surface area contributed by atoms with E-state index in [0.29, 0.717) is 23.3 Å². The number of phenolic OH excluding ortho intramolecular Hbond substituents is 1. The Balaban J connectivity index is 1.73. The SMILES string of the molecule is CC(C)c1cc(CCON2C(=O)c3ccccc3C2=O)cc(C(C)C)c1O. The van der Waals surface area contributed by atoms with Gasteiger partial charge in [-0.2, -0.15) is 0 Å². The van der Waals surface area contributed by atoms with Crippen LogP contribution in [0.4, 0.5) is 0 Å². The summed E-state index contributed by atoms with van der Waals surface area (Å²) in [5, 5.41) is 11.3. The lowest BCUT2D eigenvalue weighted by atomic mass is 9.91. The van der Waals surface area contributed by atoms with E-state index in [-0.39, 0.29) is 18.4 Å². The van der Waals surface area contributed by atoms with E-state index in [0.717, 1.165) is 21.8 Å². The fourth-order valence-electron chi connectivity index (χ4n) is 3.31. The number of imide groups is 1. The Morgan fingerprint density at radius 2 is 1.41 bits per heavy atom. The molecule has 0 aromatic heterocycles. The minimum absolute atomic E-state index is 0.194. The summed E-state index contributed by atoms with van der Waals surface area (Å²) in [5.74, 6) is -0.108. The van der Waals surface area contributed by atoms with E-state index in [4.69, 9.17) is 4.84 Å². The molecular weight excluding hydrogens is 342 g/mol. The third kappa shape index (κ3) is 3.60. The number of nitrogens with zero attached hydrogens (tertiary/aromatic N) is 1. The van der Waals surface area contributed by atoms with E-state index in [9.17, 15) is 14.7 Å². The van der Waals surface area contributed by atoms with Crippen molar-refractivity contribution in [3.05, 3.63) is 64.2 Å². The second-order valence-electron chi connectivity index (χ2n) is 7.47. The zero-order chi connectivity index (χ0) is 19.7. The molecule has 27 heavy (non-hydrogen) atoms. The van der Waals surface area contributed by atoms with Gasteiger partial charge in [-0.1, -0.05) is 52.0 Å². The first-order valence-electron chi connectivity index (χ1n) is 9.27. The number of aromatic hydroxyl groups is 1. The number of carbonyl (C=O) groups excluding carboxylic acids is 2. The van der Waals surface area contributed by atoms with Gasteiger partial charge < -0.3 is 5.11 Å². The summed E-state index contributed by atoms with van der Waals surface area (Å²) in [6.07, 6.45) is 0.535. The van der Waals surface area contributed by atoms with Crippen molar-refractivity contribution in [3.63, 3.8) is 0 Å².